The van der Waals surface area contributed by atoms with Crippen LogP contribution in [0.3, 0.4) is 0 Å². The van der Waals surface area contributed by atoms with Crippen LogP contribution in [0.4, 0.5) is 11.9 Å². The first-order chi connectivity index (χ1) is 13.9. The maximum Gasteiger partial charge on any atom is 0.333 e. The van der Waals surface area contributed by atoms with Crippen molar-refractivity contribution in [1.29, 1.82) is 0 Å². The monoisotopic (exact) mass is 418 g/mol. The number of aromatic nitrogens is 3. The van der Waals surface area contributed by atoms with Gasteiger partial charge in [-0.05, 0) is 56.1 Å². The molecule has 4 N–H and O–H groups in total. The summed E-state index contributed by atoms with van der Waals surface area (Å²) >= 11 is 0. The molecular formula is C19H26N6O3S. The average molecular weight is 419 g/mol. The minimum absolute atomic E-state index is 0.112. The highest BCUT2D eigenvalue weighted by atomic mass is 32.2. The molecule has 1 heterocycles. The molecule has 1 saturated carbocycles. The van der Waals surface area contributed by atoms with Crippen molar-refractivity contribution in [2.45, 2.75) is 51.1 Å². The van der Waals surface area contributed by atoms with Gasteiger partial charge >= 0.3 is 10.3 Å². The van der Waals surface area contributed by atoms with Crippen LogP contribution in [-0.4, -0.2) is 36.0 Å². The van der Waals surface area contributed by atoms with E-state index in [4.69, 9.17) is 9.32 Å². The SMILES string of the molecule is Cc1nc(N[C@@H]2CC[C@@H](COS(N)(=O)=O)C2)nc(N[C@H]2CCc3ccccc32)n1. The lowest BCUT2D eigenvalue weighted by molar-refractivity contribution is 0.256. The van der Waals surface area contributed by atoms with Crippen molar-refractivity contribution in [3.8, 4) is 0 Å². The van der Waals surface area contributed by atoms with Gasteiger partial charge in [-0.25, -0.2) is 5.14 Å². The van der Waals surface area contributed by atoms with Crippen LogP contribution in [0.25, 0.3) is 0 Å². The summed E-state index contributed by atoms with van der Waals surface area (Å²) in [7, 11) is -3.89. The van der Waals surface area contributed by atoms with E-state index in [1.54, 1.807) is 0 Å². The molecule has 1 aromatic carbocycles. The summed E-state index contributed by atoms with van der Waals surface area (Å²) in [5.74, 6) is 1.88. The molecule has 4 rings (SSSR count). The van der Waals surface area contributed by atoms with E-state index in [0.717, 1.165) is 32.1 Å². The quantitative estimate of drug-likeness (QED) is 0.623. The summed E-state index contributed by atoms with van der Waals surface area (Å²) < 4.78 is 26.6. The van der Waals surface area contributed by atoms with Crippen molar-refractivity contribution in [3.63, 3.8) is 0 Å². The van der Waals surface area contributed by atoms with Gasteiger partial charge < -0.3 is 10.6 Å². The number of nitrogens with two attached hydrogens (primary N) is 1. The van der Waals surface area contributed by atoms with E-state index in [-0.39, 0.29) is 24.6 Å². The Morgan fingerprint density at radius 3 is 2.66 bits per heavy atom. The van der Waals surface area contributed by atoms with Crippen molar-refractivity contribution in [2.75, 3.05) is 17.2 Å². The smallest absolute Gasteiger partial charge is 0.333 e. The third-order valence-corrected chi connectivity index (χ3v) is 5.99. The van der Waals surface area contributed by atoms with Gasteiger partial charge in [0.1, 0.15) is 5.82 Å². The Morgan fingerprint density at radius 2 is 1.86 bits per heavy atom. The van der Waals surface area contributed by atoms with E-state index in [1.807, 2.05) is 6.92 Å². The van der Waals surface area contributed by atoms with E-state index < -0.39 is 10.3 Å². The molecule has 0 radical (unpaired) electrons. The molecule has 29 heavy (non-hydrogen) atoms. The van der Waals surface area contributed by atoms with Gasteiger partial charge in [-0.3, -0.25) is 4.18 Å². The van der Waals surface area contributed by atoms with Gasteiger partial charge in [-0.2, -0.15) is 23.4 Å². The molecular weight excluding hydrogens is 392 g/mol. The third kappa shape index (κ3) is 5.20. The first-order valence-electron chi connectivity index (χ1n) is 9.86. The Hall–Kier alpha value is -2.30. The summed E-state index contributed by atoms with van der Waals surface area (Å²) in [6, 6.07) is 8.80. The van der Waals surface area contributed by atoms with E-state index in [1.165, 1.54) is 11.1 Å². The van der Waals surface area contributed by atoms with E-state index in [2.05, 4.69) is 49.9 Å². The molecule has 3 atom stereocenters. The second kappa shape index (κ2) is 8.21. The number of nitrogens with zero attached hydrogens (tertiary/aromatic N) is 3. The molecule has 156 valence electrons. The highest BCUT2D eigenvalue weighted by Crippen LogP contribution is 2.33. The molecule has 0 spiro atoms. The van der Waals surface area contributed by atoms with Crippen molar-refractivity contribution >= 4 is 22.2 Å². The maximum absolute atomic E-state index is 11.0. The summed E-state index contributed by atoms with van der Waals surface area (Å²) in [6.07, 6.45) is 4.59. The van der Waals surface area contributed by atoms with Crippen molar-refractivity contribution < 1.29 is 12.6 Å². The van der Waals surface area contributed by atoms with Gasteiger partial charge in [-0.1, -0.05) is 24.3 Å². The maximum atomic E-state index is 11.0. The lowest BCUT2D eigenvalue weighted by Gasteiger charge is -2.17. The Bertz CT molecular complexity index is 984. The van der Waals surface area contributed by atoms with Crippen LogP contribution in [0.5, 0.6) is 0 Å². The van der Waals surface area contributed by atoms with Gasteiger partial charge in [0.2, 0.25) is 11.9 Å². The van der Waals surface area contributed by atoms with Gasteiger partial charge in [0, 0.05) is 6.04 Å². The normalized spacial score (nSPS) is 23.7. The summed E-state index contributed by atoms with van der Waals surface area (Å²) in [5, 5.41) is 11.7. The molecule has 9 nitrogen and oxygen atoms in total. The zero-order valence-corrected chi connectivity index (χ0v) is 17.2. The van der Waals surface area contributed by atoms with E-state index in [9.17, 15) is 8.42 Å². The second-order valence-electron chi connectivity index (χ2n) is 7.76. The number of hydrogen-bond donors (Lipinski definition) is 3. The van der Waals surface area contributed by atoms with Gasteiger partial charge in [0.05, 0.1) is 12.6 Å². The standard InChI is InChI=1S/C19H26N6O3S/c1-12-21-18(23-15-8-6-13(10-15)11-28-29(20,26)27)25-19(22-12)24-17-9-7-14-4-2-3-5-16(14)17/h2-5,13,15,17H,6-11H2,1H3,(H2,20,26,27)(H2,21,22,23,24,25)/t13-,15-,17+/m1/s1. The predicted octanol–water partition coefficient (Wildman–Crippen LogP) is 2.08. The van der Waals surface area contributed by atoms with Gasteiger partial charge in [-0.15, -0.1) is 0 Å². The number of nitrogens with one attached hydrogen (secondary N) is 2. The lowest BCUT2D eigenvalue weighted by Crippen LogP contribution is -2.22. The molecule has 0 unspecified atom stereocenters. The summed E-state index contributed by atoms with van der Waals surface area (Å²) in [4.78, 5) is 13.4. The van der Waals surface area contributed by atoms with Crippen LogP contribution in [0.1, 0.15) is 48.7 Å². The Morgan fingerprint density at radius 1 is 1.10 bits per heavy atom. The average Bonchev–Trinajstić information content (AvgIpc) is 3.26. The molecule has 2 aromatic rings. The zero-order valence-electron chi connectivity index (χ0n) is 16.3. The molecule has 2 aliphatic rings. The number of benzene rings is 1. The molecule has 1 fully saturated rings. The Balaban J connectivity index is 1.38. The Labute approximate surface area is 170 Å². The van der Waals surface area contributed by atoms with Crippen molar-refractivity contribution in [3.05, 3.63) is 41.2 Å². The van der Waals surface area contributed by atoms with E-state index in [0.29, 0.717) is 17.7 Å². The van der Waals surface area contributed by atoms with E-state index >= 15 is 0 Å². The molecule has 10 heteroatoms. The predicted molar refractivity (Wildman–Crippen MR) is 110 cm³/mol. The molecule has 0 amide bonds. The van der Waals surface area contributed by atoms with Crippen LogP contribution in [-0.2, 0) is 20.9 Å². The van der Waals surface area contributed by atoms with Gasteiger partial charge in [0.15, 0.2) is 0 Å². The number of fused-ring (bicyclic) bond motifs is 1. The fourth-order valence-corrected chi connectivity index (χ4v) is 4.59. The topological polar surface area (TPSA) is 132 Å². The van der Waals surface area contributed by atoms with Crippen LogP contribution in [0.15, 0.2) is 24.3 Å². The fourth-order valence-electron chi connectivity index (χ4n) is 4.20. The molecule has 2 aliphatic carbocycles. The van der Waals surface area contributed by atoms with Crippen molar-refractivity contribution in [1.82, 2.24) is 15.0 Å². The first-order valence-corrected chi connectivity index (χ1v) is 11.3. The van der Waals surface area contributed by atoms with Crippen molar-refractivity contribution in [2.24, 2.45) is 11.1 Å². The summed E-state index contributed by atoms with van der Waals surface area (Å²) in [5.41, 5.74) is 2.67. The highest BCUT2D eigenvalue weighted by molar-refractivity contribution is 7.84. The van der Waals surface area contributed by atoms with Crippen LogP contribution >= 0.6 is 0 Å². The number of rotatable bonds is 7. The number of hydrogen-bond acceptors (Lipinski definition) is 8. The summed E-state index contributed by atoms with van der Waals surface area (Å²) in [6.45, 7) is 1.96. The van der Waals surface area contributed by atoms with Gasteiger partial charge in [0.25, 0.3) is 0 Å². The highest BCUT2D eigenvalue weighted by Gasteiger charge is 2.27. The minimum atomic E-state index is -3.89. The van der Waals surface area contributed by atoms with Crippen LogP contribution < -0.4 is 15.8 Å². The third-order valence-electron chi connectivity index (χ3n) is 5.53. The molecule has 0 bridgehead atoms. The largest absolute Gasteiger partial charge is 0.351 e. The second-order valence-corrected chi connectivity index (χ2v) is 8.98. The lowest BCUT2D eigenvalue weighted by atomic mass is 10.1. The van der Waals surface area contributed by atoms with Crippen LogP contribution in [0, 0.1) is 12.8 Å². The Kier molecular flexibility index (Phi) is 5.66. The zero-order chi connectivity index (χ0) is 20.4. The number of aryl methyl sites for hydroxylation is 2. The minimum Gasteiger partial charge on any atom is -0.351 e. The molecule has 0 aliphatic heterocycles. The molecule has 0 saturated heterocycles. The first kappa shape index (κ1) is 20.0. The van der Waals surface area contributed by atoms with Crippen LogP contribution in [0.2, 0.25) is 0 Å². The number of anilines is 2. The molecule has 1 aromatic heterocycles. The fraction of sp³-hybridized carbons (Fsp3) is 0.526.